The first-order valence-electron chi connectivity index (χ1n) is 7.99. The second-order valence-electron chi connectivity index (χ2n) is 6.75. The number of benzene rings is 2. The maximum absolute atomic E-state index is 11.2. The summed E-state index contributed by atoms with van der Waals surface area (Å²) in [7, 11) is 0. The van der Waals surface area contributed by atoms with Crippen LogP contribution in [-0.4, -0.2) is 5.11 Å². The lowest BCUT2D eigenvalue weighted by atomic mass is 9.83. The highest BCUT2D eigenvalue weighted by Gasteiger charge is 2.22. The van der Waals surface area contributed by atoms with Gasteiger partial charge in [0, 0.05) is 0 Å². The maximum atomic E-state index is 11.2. The average molecular weight is 296 g/mol. The van der Waals surface area contributed by atoms with Crippen molar-refractivity contribution in [2.45, 2.75) is 61.5 Å². The molecule has 22 heavy (non-hydrogen) atoms. The van der Waals surface area contributed by atoms with E-state index in [1.165, 1.54) is 44.5 Å². The summed E-state index contributed by atoms with van der Waals surface area (Å²) in [6.07, 6.45) is -0.558. The first-order chi connectivity index (χ1) is 10.2. The van der Waals surface area contributed by atoms with Crippen LogP contribution >= 0.6 is 0 Å². The van der Waals surface area contributed by atoms with Gasteiger partial charge >= 0.3 is 0 Å². The lowest BCUT2D eigenvalue weighted by Gasteiger charge is -2.25. The van der Waals surface area contributed by atoms with Crippen LogP contribution in [0.25, 0.3) is 0 Å². The summed E-state index contributed by atoms with van der Waals surface area (Å²) in [4.78, 5) is 0. The van der Waals surface area contributed by atoms with Crippen molar-refractivity contribution >= 4 is 0 Å². The Kier molecular flexibility index (Phi) is 4.49. The molecule has 0 fully saturated rings. The Labute approximate surface area is 135 Å². The van der Waals surface area contributed by atoms with E-state index in [9.17, 15) is 5.11 Å². The summed E-state index contributed by atoms with van der Waals surface area (Å²) in [6, 6.07) is 4.42. The third-order valence-electron chi connectivity index (χ3n) is 5.39. The minimum atomic E-state index is -0.558. The van der Waals surface area contributed by atoms with Crippen LogP contribution in [0.5, 0.6) is 0 Å². The van der Waals surface area contributed by atoms with Gasteiger partial charge in [0.2, 0.25) is 0 Å². The van der Waals surface area contributed by atoms with E-state index >= 15 is 0 Å². The molecule has 2 aromatic rings. The second kappa shape index (κ2) is 5.89. The molecule has 0 saturated carbocycles. The topological polar surface area (TPSA) is 20.2 Å². The fraction of sp³-hybridized carbons (Fsp3) is 0.429. The van der Waals surface area contributed by atoms with Gasteiger partial charge in [0.25, 0.3) is 0 Å². The molecular formula is C21H28O. The average Bonchev–Trinajstić information content (AvgIpc) is 2.44. The SMILES string of the molecule is Cc1cc(C)c(C)c(C(O)c2c(C)c(C)cc(C)c2C)c1C. The Morgan fingerprint density at radius 3 is 1.00 bits per heavy atom. The molecule has 0 heterocycles. The molecule has 0 aliphatic carbocycles. The van der Waals surface area contributed by atoms with Gasteiger partial charge in [-0.2, -0.15) is 0 Å². The van der Waals surface area contributed by atoms with Crippen molar-refractivity contribution in [2.24, 2.45) is 0 Å². The predicted molar refractivity (Wildman–Crippen MR) is 94.8 cm³/mol. The lowest BCUT2D eigenvalue weighted by Crippen LogP contribution is -2.12. The minimum absolute atomic E-state index is 0.558. The van der Waals surface area contributed by atoms with Crippen LogP contribution in [0.4, 0.5) is 0 Å². The van der Waals surface area contributed by atoms with Crippen LogP contribution in [-0.2, 0) is 0 Å². The normalized spacial score (nSPS) is 11.4. The van der Waals surface area contributed by atoms with Crippen molar-refractivity contribution < 1.29 is 5.11 Å². The summed E-state index contributed by atoms with van der Waals surface area (Å²) < 4.78 is 0. The Bertz CT molecular complexity index is 623. The molecule has 2 rings (SSSR count). The van der Waals surface area contributed by atoms with E-state index in [0.717, 1.165) is 11.1 Å². The fourth-order valence-corrected chi connectivity index (χ4v) is 3.46. The van der Waals surface area contributed by atoms with Gasteiger partial charge in [-0.05, 0) is 111 Å². The molecule has 0 atom stereocenters. The van der Waals surface area contributed by atoms with Crippen molar-refractivity contribution in [1.82, 2.24) is 0 Å². The zero-order valence-corrected chi connectivity index (χ0v) is 15.2. The largest absolute Gasteiger partial charge is 0.384 e. The molecule has 0 saturated heterocycles. The molecule has 0 aliphatic rings. The second-order valence-corrected chi connectivity index (χ2v) is 6.75. The molecule has 0 spiro atoms. The van der Waals surface area contributed by atoms with Crippen molar-refractivity contribution in [3.63, 3.8) is 0 Å². The van der Waals surface area contributed by atoms with Crippen molar-refractivity contribution in [1.29, 1.82) is 0 Å². The van der Waals surface area contributed by atoms with Crippen LogP contribution in [0, 0.1) is 55.4 Å². The molecule has 0 amide bonds. The first-order valence-corrected chi connectivity index (χ1v) is 7.99. The molecule has 1 N–H and O–H groups in total. The highest BCUT2D eigenvalue weighted by atomic mass is 16.3. The van der Waals surface area contributed by atoms with Gasteiger partial charge in [-0.1, -0.05) is 12.1 Å². The van der Waals surface area contributed by atoms with Crippen LogP contribution in [0.2, 0.25) is 0 Å². The van der Waals surface area contributed by atoms with E-state index in [4.69, 9.17) is 0 Å². The van der Waals surface area contributed by atoms with Gasteiger partial charge in [0.1, 0.15) is 6.10 Å². The molecule has 0 aliphatic heterocycles. The Morgan fingerprint density at radius 2 is 0.773 bits per heavy atom. The van der Waals surface area contributed by atoms with Gasteiger partial charge in [0.15, 0.2) is 0 Å². The predicted octanol–water partition coefficient (Wildman–Crippen LogP) is 5.24. The van der Waals surface area contributed by atoms with E-state index in [0.29, 0.717) is 0 Å². The van der Waals surface area contributed by atoms with E-state index in [1.54, 1.807) is 0 Å². The molecule has 0 aromatic heterocycles. The Balaban J connectivity index is 2.77. The van der Waals surface area contributed by atoms with E-state index in [2.05, 4.69) is 67.5 Å². The first kappa shape index (κ1) is 16.8. The number of rotatable bonds is 2. The number of aliphatic hydroxyl groups is 1. The number of aliphatic hydroxyl groups excluding tert-OH is 1. The molecule has 0 unspecified atom stereocenters. The molecule has 1 heteroatoms. The Hall–Kier alpha value is -1.60. The monoisotopic (exact) mass is 296 g/mol. The molecule has 2 aromatic carbocycles. The Morgan fingerprint density at radius 1 is 0.545 bits per heavy atom. The standard InChI is InChI=1S/C21H28O/c1-11-9-12(2)16(6)19(15(11)5)21(22)20-17(7)13(3)10-14(4)18(20)8/h9-10,21-22H,1-8H3. The highest BCUT2D eigenvalue weighted by Crippen LogP contribution is 2.36. The number of hydrogen-bond donors (Lipinski definition) is 1. The fourth-order valence-electron chi connectivity index (χ4n) is 3.46. The van der Waals surface area contributed by atoms with Gasteiger partial charge in [0.05, 0.1) is 0 Å². The van der Waals surface area contributed by atoms with Crippen molar-refractivity contribution in [3.05, 3.63) is 67.8 Å². The van der Waals surface area contributed by atoms with E-state index in [1.807, 2.05) is 0 Å². The summed E-state index contributed by atoms with van der Waals surface area (Å²) >= 11 is 0. The lowest BCUT2D eigenvalue weighted by molar-refractivity contribution is 0.217. The van der Waals surface area contributed by atoms with E-state index in [-0.39, 0.29) is 0 Å². The molecular weight excluding hydrogens is 268 g/mol. The molecule has 0 bridgehead atoms. The third kappa shape index (κ3) is 2.59. The maximum Gasteiger partial charge on any atom is 0.105 e. The summed E-state index contributed by atoms with van der Waals surface area (Å²) in [6.45, 7) is 17.0. The van der Waals surface area contributed by atoms with Gasteiger partial charge < -0.3 is 5.11 Å². The smallest absolute Gasteiger partial charge is 0.105 e. The highest BCUT2D eigenvalue weighted by molar-refractivity contribution is 5.53. The quantitative estimate of drug-likeness (QED) is 0.804. The summed E-state index contributed by atoms with van der Waals surface area (Å²) in [5.41, 5.74) is 12.0. The van der Waals surface area contributed by atoms with Crippen LogP contribution in [0.3, 0.4) is 0 Å². The van der Waals surface area contributed by atoms with Gasteiger partial charge in [-0.25, -0.2) is 0 Å². The van der Waals surface area contributed by atoms with Crippen LogP contribution in [0.1, 0.15) is 61.7 Å². The summed E-state index contributed by atoms with van der Waals surface area (Å²) in [5.74, 6) is 0. The van der Waals surface area contributed by atoms with Crippen LogP contribution in [0.15, 0.2) is 12.1 Å². The zero-order chi connectivity index (χ0) is 16.8. The van der Waals surface area contributed by atoms with Crippen LogP contribution < -0.4 is 0 Å². The number of aryl methyl sites for hydroxylation is 4. The van der Waals surface area contributed by atoms with Crippen molar-refractivity contribution in [3.8, 4) is 0 Å². The zero-order valence-electron chi connectivity index (χ0n) is 15.2. The molecule has 118 valence electrons. The molecule has 1 nitrogen and oxygen atoms in total. The van der Waals surface area contributed by atoms with Crippen molar-refractivity contribution in [2.75, 3.05) is 0 Å². The van der Waals surface area contributed by atoms with Gasteiger partial charge in [-0.3, -0.25) is 0 Å². The van der Waals surface area contributed by atoms with E-state index < -0.39 is 6.10 Å². The summed E-state index contributed by atoms with van der Waals surface area (Å²) in [5, 5.41) is 11.2. The number of hydrogen-bond acceptors (Lipinski definition) is 1. The van der Waals surface area contributed by atoms with Gasteiger partial charge in [-0.15, -0.1) is 0 Å². The molecule has 0 radical (unpaired) electrons. The minimum Gasteiger partial charge on any atom is -0.384 e. The third-order valence-corrected chi connectivity index (χ3v) is 5.39.